The van der Waals surface area contributed by atoms with Gasteiger partial charge in [0.1, 0.15) is 24.2 Å². The number of carbonyl (C=O) groups is 8. The van der Waals surface area contributed by atoms with Gasteiger partial charge in [-0.2, -0.15) is 0 Å². The van der Waals surface area contributed by atoms with Crippen LogP contribution in [0, 0.1) is 5.41 Å². The molecule has 0 spiro atoms. The van der Waals surface area contributed by atoms with Crippen LogP contribution in [0.4, 0.5) is 5.69 Å². The third kappa shape index (κ3) is 14.5. The van der Waals surface area contributed by atoms with E-state index in [0.717, 1.165) is 55.2 Å². The number of likely N-dealkylation sites (tertiary alicyclic amines) is 1. The number of likely N-dealkylation sites (N-methyl/N-ethyl adjacent to an activating group) is 2. The first kappa shape index (κ1) is 59.9. The molecule has 8 N–H and O–H groups in total. The smallest absolute Gasteiger partial charge is 0.255 e. The molecule has 0 radical (unpaired) electrons. The van der Waals surface area contributed by atoms with Crippen molar-refractivity contribution in [2.24, 2.45) is 5.41 Å². The van der Waals surface area contributed by atoms with Crippen molar-refractivity contribution in [2.45, 2.75) is 159 Å². The van der Waals surface area contributed by atoms with Crippen LogP contribution in [0.1, 0.15) is 127 Å². The summed E-state index contributed by atoms with van der Waals surface area (Å²) >= 11 is 0. The van der Waals surface area contributed by atoms with E-state index in [0.29, 0.717) is 17.9 Å². The van der Waals surface area contributed by atoms with Crippen molar-refractivity contribution in [3.05, 3.63) is 136 Å². The number of rotatable bonds is 18. The Morgan fingerprint density at radius 1 is 0.617 bits per heavy atom. The molecule has 8 amide bonds. The Labute approximate surface area is 477 Å². The fourth-order valence-electron chi connectivity index (χ4n) is 11.8. The number of nitrogens with one attached hydrogen (secondary N) is 8. The van der Waals surface area contributed by atoms with Crippen molar-refractivity contribution in [1.82, 2.24) is 47.0 Å². The first-order chi connectivity index (χ1) is 38.5. The van der Waals surface area contributed by atoms with E-state index in [-0.39, 0.29) is 72.1 Å². The van der Waals surface area contributed by atoms with Crippen molar-refractivity contribution in [2.75, 3.05) is 32.1 Å². The molecule has 2 aliphatic carbocycles. The van der Waals surface area contributed by atoms with E-state index in [2.05, 4.69) is 73.8 Å². The molecule has 4 aromatic rings. The predicted molar refractivity (Wildman–Crippen MR) is 315 cm³/mol. The maximum absolute atomic E-state index is 14.7. The number of fused-ring (bicyclic) bond motifs is 2. The van der Waals surface area contributed by atoms with Gasteiger partial charge in [-0.1, -0.05) is 94.5 Å². The van der Waals surface area contributed by atoms with Gasteiger partial charge in [0.2, 0.25) is 35.4 Å². The van der Waals surface area contributed by atoms with Gasteiger partial charge in [0.25, 0.3) is 11.8 Å². The number of hydrogen-bond acceptors (Lipinski definition) is 10. The molecule has 0 aromatic heterocycles. The highest BCUT2D eigenvalue weighted by Crippen LogP contribution is 2.34. The van der Waals surface area contributed by atoms with Crippen molar-refractivity contribution in [3.8, 4) is 0 Å². The Balaban J connectivity index is 0.914. The second-order valence-electron chi connectivity index (χ2n) is 24.4. The number of amides is 8. The maximum Gasteiger partial charge on any atom is 0.255 e. The number of anilines is 1. The maximum atomic E-state index is 14.7. The molecule has 0 bridgehead atoms. The molecule has 2 saturated heterocycles. The van der Waals surface area contributed by atoms with E-state index < -0.39 is 73.5 Å². The topological polar surface area (TPSA) is 239 Å². The van der Waals surface area contributed by atoms with Crippen LogP contribution in [0.5, 0.6) is 0 Å². The van der Waals surface area contributed by atoms with Gasteiger partial charge >= 0.3 is 0 Å². The molecule has 1 unspecified atom stereocenters. The van der Waals surface area contributed by atoms with Gasteiger partial charge in [-0.05, 0) is 149 Å². The molecular weight excluding hydrogens is 1040 g/mol. The molecule has 432 valence electrons. The Bertz CT molecular complexity index is 2980. The molecule has 18 nitrogen and oxygen atoms in total. The lowest BCUT2D eigenvalue weighted by atomic mass is 9.85. The molecule has 4 aliphatic rings. The van der Waals surface area contributed by atoms with Gasteiger partial charge in [-0.25, -0.2) is 0 Å². The summed E-state index contributed by atoms with van der Waals surface area (Å²) in [4.78, 5) is 115. The summed E-state index contributed by atoms with van der Waals surface area (Å²) in [6.45, 7) is 13.4. The Hall–Kier alpha value is -7.22. The highest BCUT2D eigenvalue weighted by molar-refractivity contribution is 6.79. The minimum absolute atomic E-state index is 0.0300. The van der Waals surface area contributed by atoms with E-state index in [4.69, 9.17) is 0 Å². The molecule has 9 atom stereocenters. The minimum Gasteiger partial charge on any atom is -0.348 e. The molecule has 8 rings (SSSR count). The van der Waals surface area contributed by atoms with Crippen LogP contribution >= 0.6 is 0 Å². The Kier molecular flexibility index (Phi) is 19.0. The van der Waals surface area contributed by atoms with Gasteiger partial charge in [-0.15, -0.1) is 0 Å². The third-order valence-corrected chi connectivity index (χ3v) is 19.3. The number of benzene rings is 4. The zero-order valence-electron chi connectivity index (χ0n) is 48.4. The summed E-state index contributed by atoms with van der Waals surface area (Å²) in [7, 11) is 1.31. The molecule has 19 heteroatoms. The standard InChI is InChI=1S/C62H82N10O8Si/c1-37(63-6)54(73)69-50(60(79)72-36-81(8,9)35-52(72)59(78)68-49-23-15-19-41-17-11-13-21-47(41)49)32-39-24-30-44(31-25-39)65-56(75)42-26-28-43(29-27-42)57(76)66-45-33-51(58(77)67-48-22-14-18-40-16-10-12-20-46(40)48)71(34-45)61(80)53(62(3,4)5)70-55(74)38(2)64-7/h10-13,16-17,20-21,24-31,37-38,45,48-53,63-64H,14-15,18-19,22-23,32-36H2,1-9H3,(H,65,75)(H,66,76)(H,67,77)(H,68,78)(H,69,73)(H,70,74)/t37-,38-,45-,48+,49+,50?,51-,52-,53+/m0/s1. The van der Waals surface area contributed by atoms with E-state index in [1.807, 2.05) is 51.1 Å². The van der Waals surface area contributed by atoms with Gasteiger partial charge in [-0.3, -0.25) is 38.4 Å². The lowest BCUT2D eigenvalue weighted by Crippen LogP contribution is -2.59. The highest BCUT2D eigenvalue weighted by atomic mass is 28.3. The van der Waals surface area contributed by atoms with E-state index >= 15 is 0 Å². The minimum atomic E-state index is -2.02. The zero-order chi connectivity index (χ0) is 58.3. The number of nitrogens with zero attached hydrogens (tertiary/aromatic N) is 2. The monoisotopic (exact) mass is 1120 g/mol. The number of aryl methyl sites for hydroxylation is 2. The quantitative estimate of drug-likeness (QED) is 0.0602. The first-order valence-corrected chi connectivity index (χ1v) is 32.1. The van der Waals surface area contributed by atoms with Gasteiger partial charge in [0.05, 0.1) is 32.2 Å². The normalized spacial score (nSPS) is 21.7. The fraction of sp³-hybridized carbons (Fsp3) is 0.484. The summed E-state index contributed by atoms with van der Waals surface area (Å²) < 4.78 is 0. The average Bonchev–Trinajstić information content (AvgIpc) is 4.29. The summed E-state index contributed by atoms with van der Waals surface area (Å²) in [6.07, 6.45) is 6.07. The molecule has 4 aromatic carbocycles. The summed E-state index contributed by atoms with van der Waals surface area (Å²) in [5, 5.41) is 24.2. The average molecular weight is 1120 g/mol. The summed E-state index contributed by atoms with van der Waals surface area (Å²) in [5.74, 6) is -2.83. The fourth-order valence-corrected chi connectivity index (χ4v) is 14.6. The van der Waals surface area contributed by atoms with Gasteiger partial charge < -0.3 is 52.3 Å². The van der Waals surface area contributed by atoms with Crippen LogP contribution in [0.25, 0.3) is 0 Å². The third-order valence-electron chi connectivity index (χ3n) is 16.6. The molecular formula is C62H82N10O8Si. The zero-order valence-corrected chi connectivity index (χ0v) is 49.4. The van der Waals surface area contributed by atoms with E-state index in [1.165, 1.54) is 28.2 Å². The number of carbonyl (C=O) groups excluding carboxylic acids is 8. The van der Waals surface area contributed by atoms with Crippen LogP contribution in [0.3, 0.4) is 0 Å². The van der Waals surface area contributed by atoms with Crippen molar-refractivity contribution in [1.29, 1.82) is 0 Å². The SMILES string of the molecule is CN[C@@H](C)C(=O)NC(Cc1ccc(NC(=O)c2ccc(C(=O)N[C@H]3C[C@@H](C(=O)N[C@@H]4CCCc5ccccc54)N(C(=O)[C@@H](NC(=O)[C@H](C)NC)C(C)(C)C)C3)cc2)cc1)C(=O)N1C[Si](C)(C)C[C@H]1C(=O)N[C@@H]1CCCc2ccccc21. The lowest BCUT2D eigenvalue weighted by Gasteiger charge is -2.36. The largest absolute Gasteiger partial charge is 0.348 e. The van der Waals surface area contributed by atoms with Crippen LogP contribution in [-0.2, 0) is 48.0 Å². The summed E-state index contributed by atoms with van der Waals surface area (Å²) in [5.41, 5.74) is 5.61. The first-order valence-electron chi connectivity index (χ1n) is 28.7. The van der Waals surface area contributed by atoms with Crippen molar-refractivity contribution in [3.63, 3.8) is 0 Å². The summed E-state index contributed by atoms with van der Waals surface area (Å²) in [6, 6.07) is 24.3. The van der Waals surface area contributed by atoms with Crippen molar-refractivity contribution >= 4 is 61.0 Å². The van der Waals surface area contributed by atoms with Gasteiger partial charge in [0.15, 0.2) is 0 Å². The van der Waals surface area contributed by atoms with Crippen LogP contribution in [-0.4, -0.2) is 134 Å². The highest BCUT2D eigenvalue weighted by Gasteiger charge is 2.48. The number of hydrogen-bond donors (Lipinski definition) is 8. The Morgan fingerprint density at radius 3 is 1.68 bits per heavy atom. The Morgan fingerprint density at radius 2 is 1.14 bits per heavy atom. The van der Waals surface area contributed by atoms with Crippen LogP contribution < -0.4 is 42.5 Å². The van der Waals surface area contributed by atoms with Crippen LogP contribution in [0.2, 0.25) is 19.1 Å². The molecule has 2 heterocycles. The molecule has 81 heavy (non-hydrogen) atoms. The molecule has 2 fully saturated rings. The predicted octanol–water partition coefficient (Wildman–Crippen LogP) is 5.26. The van der Waals surface area contributed by atoms with Gasteiger partial charge in [0, 0.05) is 42.0 Å². The molecule has 2 aliphatic heterocycles. The second kappa shape index (κ2) is 25.7. The lowest BCUT2D eigenvalue weighted by molar-refractivity contribution is -0.144. The second-order valence-corrected chi connectivity index (χ2v) is 29.4. The van der Waals surface area contributed by atoms with Crippen LogP contribution in [0.15, 0.2) is 97.1 Å². The van der Waals surface area contributed by atoms with Crippen molar-refractivity contribution < 1.29 is 38.4 Å². The van der Waals surface area contributed by atoms with E-state index in [1.54, 1.807) is 69.2 Å². The van der Waals surface area contributed by atoms with E-state index in [9.17, 15) is 38.4 Å². The molecule has 0 saturated carbocycles.